The Morgan fingerprint density at radius 3 is 2.51 bits per heavy atom. The lowest BCUT2D eigenvalue weighted by Gasteiger charge is -2.51. The summed E-state index contributed by atoms with van der Waals surface area (Å²) < 4.78 is 61.7. The highest BCUT2D eigenvalue weighted by molar-refractivity contribution is 7.65. The number of nitrogens with one attached hydrogen (secondary N) is 1. The van der Waals surface area contributed by atoms with Crippen molar-refractivity contribution in [2.24, 2.45) is 17.8 Å². The Hall–Kier alpha value is -4.78. The number of aromatic nitrogens is 2. The van der Waals surface area contributed by atoms with Crippen LogP contribution < -0.4 is 36.5 Å². The van der Waals surface area contributed by atoms with Gasteiger partial charge in [0, 0.05) is 84.6 Å². The Labute approximate surface area is 406 Å². The molecule has 10 atom stereocenters. The summed E-state index contributed by atoms with van der Waals surface area (Å²) in [5, 5.41) is 26.6. The Bertz CT molecular complexity index is 3000. The summed E-state index contributed by atoms with van der Waals surface area (Å²) in [6.07, 6.45) is 6.19. The van der Waals surface area contributed by atoms with Crippen molar-refractivity contribution in [2.45, 2.75) is 95.0 Å². The van der Waals surface area contributed by atoms with E-state index in [4.69, 9.17) is 20.1 Å². The predicted octanol–water partition coefficient (Wildman–Crippen LogP) is 0.529. The molecule has 1 aromatic heterocycles. The second-order valence-corrected chi connectivity index (χ2v) is 23.3. The zero-order chi connectivity index (χ0) is 50.1. The maximum absolute atomic E-state index is 13.7. The number of fused-ring (bicyclic) bond motifs is 2. The Balaban J connectivity index is 0.864. The van der Waals surface area contributed by atoms with Gasteiger partial charge < -0.3 is 64.5 Å². The SMILES string of the molecule is Nc1nc(=O)n(C2OC(COP(=O)([O-])OP(=O)([O-])OP(=O)([O-])O)CC2O)cc1C#CCNC(=O)c1ccc(C2C3CC4=C5C(=C3OC3=C6CCC[N+]7=C6C(CCC7)CC32)CCCN5CCC4)c(C(=O)[O-])c1. The van der Waals surface area contributed by atoms with Crippen molar-refractivity contribution in [1.82, 2.24) is 19.8 Å². The third-order valence-corrected chi connectivity index (χ3v) is 18.3. The molecular weight excluding hydrogens is 989 g/mol. The summed E-state index contributed by atoms with van der Waals surface area (Å²) in [6.45, 7) is 2.85. The third-order valence-electron chi connectivity index (χ3n) is 14.6. The number of carbonyl (C=O) groups is 2. The quantitative estimate of drug-likeness (QED) is 0.128. The van der Waals surface area contributed by atoms with Crippen LogP contribution in [0.3, 0.4) is 0 Å². The van der Waals surface area contributed by atoms with Crippen LogP contribution in [-0.2, 0) is 36.3 Å². The predicted molar refractivity (Wildman–Crippen MR) is 239 cm³/mol. The fraction of sp³-hybridized carbons (Fsp3) is 0.533. The number of phosphoric ester groups is 1. The Morgan fingerprint density at radius 1 is 0.986 bits per heavy atom. The first-order valence-corrected chi connectivity index (χ1v) is 28.0. The summed E-state index contributed by atoms with van der Waals surface area (Å²) in [5.74, 6) is 5.03. The molecule has 2 aromatic rings. The molecule has 0 saturated carbocycles. The molecule has 26 heteroatoms. The zero-order valence-electron chi connectivity index (χ0n) is 38.1. The molecule has 10 unspecified atom stereocenters. The number of aromatic carboxylic acids is 1. The smallest absolute Gasteiger partial charge is 0.351 e. The van der Waals surface area contributed by atoms with Crippen LogP contribution in [0.1, 0.15) is 115 Å². The highest BCUT2D eigenvalue weighted by atomic mass is 31.3. The van der Waals surface area contributed by atoms with E-state index in [1.165, 1.54) is 34.2 Å². The van der Waals surface area contributed by atoms with E-state index in [0.29, 0.717) is 11.5 Å². The molecule has 3 fully saturated rings. The van der Waals surface area contributed by atoms with E-state index in [0.717, 1.165) is 113 Å². The van der Waals surface area contributed by atoms with Crippen molar-refractivity contribution < 1.29 is 80.3 Å². The third kappa shape index (κ3) is 10.0. The zero-order valence-corrected chi connectivity index (χ0v) is 40.8. The number of aliphatic hydroxyl groups is 1. The Kier molecular flexibility index (Phi) is 13.5. The van der Waals surface area contributed by atoms with Gasteiger partial charge in [-0.2, -0.15) is 4.98 Å². The van der Waals surface area contributed by atoms with Gasteiger partial charge in [0.2, 0.25) is 0 Å². The van der Waals surface area contributed by atoms with Crippen molar-refractivity contribution in [1.29, 1.82) is 0 Å². The van der Waals surface area contributed by atoms with Gasteiger partial charge in [-0.3, -0.25) is 23.1 Å². The molecule has 3 saturated heterocycles. The molecule has 6 aliphatic heterocycles. The lowest BCUT2D eigenvalue weighted by Crippen LogP contribution is -2.47. The number of benzene rings is 1. The van der Waals surface area contributed by atoms with E-state index in [1.807, 2.05) is 0 Å². The normalized spacial score (nSPS) is 29.3. The molecule has 2 aliphatic carbocycles. The van der Waals surface area contributed by atoms with Gasteiger partial charge in [-0.25, -0.2) is 18.0 Å². The topological polar surface area (TPSA) is 343 Å². The first-order chi connectivity index (χ1) is 33.7. The number of nitrogens with two attached hydrogens (primary N) is 1. The molecule has 71 heavy (non-hydrogen) atoms. The van der Waals surface area contributed by atoms with Gasteiger partial charge in [0.15, 0.2) is 11.9 Å². The molecule has 1 aromatic carbocycles. The summed E-state index contributed by atoms with van der Waals surface area (Å²) in [7, 11) is -18.0. The van der Waals surface area contributed by atoms with Crippen LogP contribution in [0.4, 0.5) is 5.82 Å². The minimum absolute atomic E-state index is 0.0392. The number of hydrogen-bond donors (Lipinski definition) is 4. The number of nitrogens with zero attached hydrogens (tertiary/aromatic N) is 4. The van der Waals surface area contributed by atoms with Gasteiger partial charge in [0.1, 0.15) is 36.5 Å². The maximum Gasteiger partial charge on any atom is 0.351 e. The van der Waals surface area contributed by atoms with Gasteiger partial charge in [0.05, 0.1) is 36.4 Å². The minimum atomic E-state index is -6.15. The van der Waals surface area contributed by atoms with Crippen LogP contribution in [0, 0.1) is 29.6 Å². The number of anilines is 1. The first-order valence-electron chi connectivity index (χ1n) is 23.5. The summed E-state index contributed by atoms with van der Waals surface area (Å²) in [6, 6.07) is 4.77. The van der Waals surface area contributed by atoms with Gasteiger partial charge in [0.25, 0.3) is 29.4 Å². The number of amides is 1. The van der Waals surface area contributed by atoms with Crippen LogP contribution in [-0.4, -0.2) is 98.2 Å². The largest absolute Gasteiger partial charge is 0.756 e. The maximum atomic E-state index is 13.7. The van der Waals surface area contributed by atoms with Gasteiger partial charge >= 0.3 is 5.69 Å². The first kappa shape index (κ1) is 49.8. The number of piperidine rings is 1. The fourth-order valence-corrected chi connectivity index (χ4v) is 15.0. The second-order valence-electron chi connectivity index (χ2n) is 19.0. The van der Waals surface area contributed by atoms with Gasteiger partial charge in [-0.1, -0.05) is 17.9 Å². The van der Waals surface area contributed by atoms with Gasteiger partial charge in [-0.05, 0) is 74.6 Å². The highest BCUT2D eigenvalue weighted by Crippen LogP contribution is 2.62. The van der Waals surface area contributed by atoms with Crippen LogP contribution in [0.2, 0.25) is 0 Å². The number of phosphoric acid groups is 3. The molecule has 5 N–H and O–H groups in total. The van der Waals surface area contributed by atoms with E-state index in [2.05, 4.69) is 44.8 Å². The van der Waals surface area contributed by atoms with E-state index >= 15 is 0 Å². The average molecular weight is 1040 g/mol. The van der Waals surface area contributed by atoms with Crippen LogP contribution in [0.5, 0.6) is 0 Å². The van der Waals surface area contributed by atoms with E-state index < -0.39 is 66.1 Å². The number of carboxylic acids is 1. The summed E-state index contributed by atoms with van der Waals surface area (Å²) in [4.78, 5) is 88.8. The molecule has 0 radical (unpaired) electrons. The number of allylic oxidation sites excluding steroid dienone is 5. The van der Waals surface area contributed by atoms with Crippen molar-refractivity contribution in [3.05, 3.63) is 91.1 Å². The number of rotatable bonds is 12. The monoisotopic (exact) mass is 1040 g/mol. The molecule has 0 spiro atoms. The molecule has 7 heterocycles. The Morgan fingerprint density at radius 2 is 1.73 bits per heavy atom. The number of aliphatic hydroxyl groups excluding tert-OH is 1. The minimum Gasteiger partial charge on any atom is -0.756 e. The number of nitrogen functional groups attached to an aromatic ring is 1. The van der Waals surface area contributed by atoms with Crippen molar-refractivity contribution >= 4 is 46.9 Å². The lowest BCUT2D eigenvalue weighted by molar-refractivity contribution is -0.538. The molecule has 23 nitrogen and oxygen atoms in total. The molecule has 380 valence electrons. The fourth-order valence-electron chi connectivity index (χ4n) is 12.1. The van der Waals surface area contributed by atoms with Gasteiger partial charge in [-0.15, -0.1) is 0 Å². The van der Waals surface area contributed by atoms with Crippen LogP contribution >= 0.6 is 23.5 Å². The second kappa shape index (κ2) is 19.2. The molecule has 10 rings (SSSR count). The van der Waals surface area contributed by atoms with Crippen molar-refractivity contribution in [2.75, 3.05) is 45.1 Å². The number of ether oxygens (including phenoxy) is 2. The van der Waals surface area contributed by atoms with Crippen LogP contribution in [0.25, 0.3) is 0 Å². The van der Waals surface area contributed by atoms with Crippen molar-refractivity contribution in [3.63, 3.8) is 0 Å². The van der Waals surface area contributed by atoms with E-state index in [9.17, 15) is 53.0 Å². The molecular formula is C45H50N6O17P3-3. The summed E-state index contributed by atoms with van der Waals surface area (Å²) >= 11 is 0. The van der Waals surface area contributed by atoms with E-state index in [1.54, 1.807) is 12.1 Å². The molecule has 8 aliphatic rings. The van der Waals surface area contributed by atoms with Crippen molar-refractivity contribution in [3.8, 4) is 11.8 Å². The highest BCUT2D eigenvalue weighted by Gasteiger charge is 2.54. The standard InChI is InChI=1S/C45H53N6O17P3/c46-41-27(22-51(45(56)48-41)43-35(52)21-28(65-43)23-64-70(60,61)68-71(62,63)67-69(57,58)59)6-1-13-47-42(53)26-11-12-29(32(20-26)44(54)55)36-33-18-24-7-2-14-49-16-4-9-30(37(24)49)39(33)66-40-31-10-5-17-50-15-3-8-25(38(31)50)19-34(36)40/h11-12,20,22,24,28,33-36,43,52H,2-5,7-10,13-19,21,23H2,(H7-,46,47,48,53,54,55,56,57,58,59,60,61,62,63)/p-3. The molecule has 1 amide bonds. The number of carbonyl (C=O) groups excluding carboxylic acids is 2. The molecule has 0 bridgehead atoms. The summed E-state index contributed by atoms with van der Waals surface area (Å²) in [5.41, 5.74) is 12.3. The lowest BCUT2D eigenvalue weighted by atomic mass is 9.60. The average Bonchev–Trinajstić information content (AvgIpc) is 3.68. The van der Waals surface area contributed by atoms with Crippen LogP contribution in [0.15, 0.2) is 63.1 Å². The van der Waals surface area contributed by atoms with E-state index in [-0.39, 0.29) is 53.2 Å². The number of hydrogen-bond acceptors (Lipinski definition) is 19. The number of carboxylic acid groups (broad SMARTS) is 1.